The van der Waals surface area contributed by atoms with Gasteiger partial charge in [0, 0.05) is 7.11 Å². The van der Waals surface area contributed by atoms with E-state index in [4.69, 9.17) is 15.2 Å². The maximum absolute atomic E-state index is 12.4. The van der Waals surface area contributed by atoms with E-state index in [0.717, 1.165) is 12.1 Å². The molecule has 96 valence electrons. The molecule has 0 aliphatic carbocycles. The van der Waals surface area contributed by atoms with E-state index in [0.29, 0.717) is 6.61 Å². The smallest absolute Gasteiger partial charge is 0.416 e. The van der Waals surface area contributed by atoms with Gasteiger partial charge in [0.25, 0.3) is 0 Å². The second kappa shape index (κ2) is 5.27. The number of halogens is 3. The summed E-state index contributed by atoms with van der Waals surface area (Å²) in [6.07, 6.45) is -4.68. The SMILES string of the molecule is COC[C@@H](C)Oc1ccc(C(F)(F)F)cc1N. The zero-order valence-electron chi connectivity index (χ0n) is 9.54. The molecule has 1 rings (SSSR count). The van der Waals surface area contributed by atoms with Crippen LogP contribution in [0.5, 0.6) is 5.75 Å². The Hall–Kier alpha value is -1.43. The van der Waals surface area contributed by atoms with Crippen LogP contribution in [0, 0.1) is 0 Å². The number of nitrogen functional groups attached to an aromatic ring is 1. The van der Waals surface area contributed by atoms with E-state index in [1.54, 1.807) is 6.92 Å². The first-order chi connectivity index (χ1) is 7.84. The Balaban J connectivity index is 2.83. The monoisotopic (exact) mass is 249 g/mol. The predicted octanol–water partition coefficient (Wildman–Crippen LogP) is 2.70. The number of benzene rings is 1. The van der Waals surface area contributed by atoms with Crippen LogP contribution in [0.25, 0.3) is 0 Å². The highest BCUT2D eigenvalue weighted by atomic mass is 19.4. The Morgan fingerprint density at radius 2 is 2.00 bits per heavy atom. The molecule has 3 nitrogen and oxygen atoms in total. The number of methoxy groups -OCH3 is 1. The van der Waals surface area contributed by atoms with Crippen molar-refractivity contribution in [2.45, 2.75) is 19.2 Å². The molecule has 0 aliphatic heterocycles. The van der Waals surface area contributed by atoms with Crippen LogP contribution in [-0.4, -0.2) is 19.8 Å². The van der Waals surface area contributed by atoms with Gasteiger partial charge in [-0.25, -0.2) is 0 Å². The van der Waals surface area contributed by atoms with Gasteiger partial charge in [0.1, 0.15) is 11.9 Å². The molecule has 0 unspecified atom stereocenters. The van der Waals surface area contributed by atoms with Crippen molar-refractivity contribution in [3.8, 4) is 5.75 Å². The van der Waals surface area contributed by atoms with Gasteiger partial charge < -0.3 is 15.2 Å². The van der Waals surface area contributed by atoms with Gasteiger partial charge in [-0.3, -0.25) is 0 Å². The lowest BCUT2D eigenvalue weighted by atomic mass is 10.2. The summed E-state index contributed by atoms with van der Waals surface area (Å²) in [5, 5.41) is 0. The van der Waals surface area contributed by atoms with Crippen molar-refractivity contribution >= 4 is 5.69 Å². The minimum absolute atomic E-state index is 0.0391. The lowest BCUT2D eigenvalue weighted by Gasteiger charge is -2.16. The summed E-state index contributed by atoms with van der Waals surface area (Å²) >= 11 is 0. The van der Waals surface area contributed by atoms with Crippen molar-refractivity contribution in [3.05, 3.63) is 23.8 Å². The highest BCUT2D eigenvalue weighted by molar-refractivity contribution is 5.54. The maximum Gasteiger partial charge on any atom is 0.416 e. The summed E-state index contributed by atoms with van der Waals surface area (Å²) < 4.78 is 47.3. The summed E-state index contributed by atoms with van der Waals surface area (Å²) in [4.78, 5) is 0. The molecule has 0 saturated carbocycles. The number of alkyl halides is 3. The van der Waals surface area contributed by atoms with Crippen LogP contribution in [0.1, 0.15) is 12.5 Å². The van der Waals surface area contributed by atoms with Gasteiger partial charge in [-0.05, 0) is 25.1 Å². The van der Waals surface area contributed by atoms with Crippen LogP contribution in [0.3, 0.4) is 0 Å². The molecule has 6 heteroatoms. The van der Waals surface area contributed by atoms with E-state index < -0.39 is 11.7 Å². The number of hydrogen-bond donors (Lipinski definition) is 1. The van der Waals surface area contributed by atoms with Crippen molar-refractivity contribution in [2.24, 2.45) is 0 Å². The molecule has 1 atom stereocenters. The van der Waals surface area contributed by atoms with E-state index >= 15 is 0 Å². The standard InChI is InChI=1S/C11H14F3NO2/c1-7(6-16-2)17-10-4-3-8(5-9(10)15)11(12,13)14/h3-5,7H,6,15H2,1-2H3/t7-/m1/s1. The second-order valence-corrected chi connectivity index (χ2v) is 3.63. The summed E-state index contributed by atoms with van der Waals surface area (Å²) in [6.45, 7) is 2.07. The minimum atomic E-state index is -4.40. The molecule has 0 heterocycles. The zero-order valence-corrected chi connectivity index (χ0v) is 9.54. The van der Waals surface area contributed by atoms with Crippen LogP contribution >= 0.6 is 0 Å². The fraction of sp³-hybridized carbons (Fsp3) is 0.455. The average Bonchev–Trinajstić information content (AvgIpc) is 2.20. The molecule has 0 radical (unpaired) electrons. The molecule has 1 aromatic carbocycles. The summed E-state index contributed by atoms with van der Waals surface area (Å²) in [5.41, 5.74) is 4.67. The lowest BCUT2D eigenvalue weighted by molar-refractivity contribution is -0.137. The minimum Gasteiger partial charge on any atom is -0.486 e. The van der Waals surface area contributed by atoms with Crippen molar-refractivity contribution in [1.82, 2.24) is 0 Å². The van der Waals surface area contributed by atoms with Crippen molar-refractivity contribution in [3.63, 3.8) is 0 Å². The first-order valence-corrected chi connectivity index (χ1v) is 4.97. The lowest BCUT2D eigenvalue weighted by Crippen LogP contribution is -2.18. The third-order valence-corrected chi connectivity index (χ3v) is 2.07. The Bertz CT molecular complexity index is 379. The number of hydrogen-bond acceptors (Lipinski definition) is 3. The summed E-state index contributed by atoms with van der Waals surface area (Å²) in [5.74, 6) is 0.225. The highest BCUT2D eigenvalue weighted by Gasteiger charge is 2.31. The fourth-order valence-corrected chi connectivity index (χ4v) is 1.32. The Morgan fingerprint density at radius 1 is 1.35 bits per heavy atom. The molecule has 2 N–H and O–H groups in total. The summed E-state index contributed by atoms with van der Waals surface area (Å²) in [7, 11) is 1.51. The molecule has 0 amide bonds. The van der Waals surface area contributed by atoms with Gasteiger partial charge in [-0.15, -0.1) is 0 Å². The van der Waals surface area contributed by atoms with Gasteiger partial charge >= 0.3 is 6.18 Å². The summed E-state index contributed by atoms with van der Waals surface area (Å²) in [6, 6.07) is 3.00. The molecule has 0 bridgehead atoms. The van der Waals surface area contributed by atoms with Crippen LogP contribution in [0.2, 0.25) is 0 Å². The molecule has 0 saturated heterocycles. The largest absolute Gasteiger partial charge is 0.486 e. The first kappa shape index (κ1) is 13.6. The molecule has 17 heavy (non-hydrogen) atoms. The number of rotatable bonds is 4. The molecule has 1 aromatic rings. The molecule has 0 spiro atoms. The second-order valence-electron chi connectivity index (χ2n) is 3.63. The van der Waals surface area contributed by atoms with Gasteiger partial charge in [0.05, 0.1) is 17.9 Å². The quantitative estimate of drug-likeness (QED) is 0.834. The molecule has 0 fully saturated rings. The average molecular weight is 249 g/mol. The molecule has 0 aromatic heterocycles. The molecular formula is C11H14F3NO2. The van der Waals surface area contributed by atoms with Crippen LogP contribution < -0.4 is 10.5 Å². The topological polar surface area (TPSA) is 44.5 Å². The normalized spacial score (nSPS) is 13.5. The Kier molecular flexibility index (Phi) is 4.22. The number of nitrogens with two attached hydrogens (primary N) is 1. The van der Waals surface area contributed by atoms with Gasteiger partial charge in [-0.1, -0.05) is 0 Å². The van der Waals surface area contributed by atoms with Crippen LogP contribution in [-0.2, 0) is 10.9 Å². The van der Waals surface area contributed by atoms with Gasteiger partial charge in [-0.2, -0.15) is 13.2 Å². The predicted molar refractivity (Wildman–Crippen MR) is 57.8 cm³/mol. The number of anilines is 1. The van der Waals surface area contributed by atoms with E-state index in [1.807, 2.05) is 0 Å². The van der Waals surface area contributed by atoms with Gasteiger partial charge in [0.15, 0.2) is 0 Å². The molecule has 0 aliphatic rings. The third kappa shape index (κ3) is 3.81. The van der Waals surface area contributed by atoms with Crippen LogP contribution in [0.4, 0.5) is 18.9 Å². The van der Waals surface area contributed by atoms with Crippen LogP contribution in [0.15, 0.2) is 18.2 Å². The van der Waals surface area contributed by atoms with E-state index in [1.165, 1.54) is 13.2 Å². The van der Waals surface area contributed by atoms with Gasteiger partial charge in [0.2, 0.25) is 0 Å². The van der Waals surface area contributed by atoms with E-state index in [9.17, 15) is 13.2 Å². The third-order valence-electron chi connectivity index (χ3n) is 2.07. The van der Waals surface area contributed by atoms with Crippen molar-refractivity contribution in [2.75, 3.05) is 19.5 Å². The first-order valence-electron chi connectivity index (χ1n) is 4.97. The maximum atomic E-state index is 12.4. The van der Waals surface area contributed by atoms with Crippen molar-refractivity contribution in [1.29, 1.82) is 0 Å². The Labute approximate surface area is 97.3 Å². The Morgan fingerprint density at radius 3 is 2.47 bits per heavy atom. The highest BCUT2D eigenvalue weighted by Crippen LogP contribution is 2.33. The molecular weight excluding hydrogens is 235 g/mol. The zero-order chi connectivity index (χ0) is 13.1. The fourth-order valence-electron chi connectivity index (χ4n) is 1.32. The van der Waals surface area contributed by atoms with Crippen molar-refractivity contribution < 1.29 is 22.6 Å². The van der Waals surface area contributed by atoms with E-state index in [-0.39, 0.29) is 17.5 Å². The van der Waals surface area contributed by atoms with E-state index in [2.05, 4.69) is 0 Å². The number of ether oxygens (including phenoxy) is 2.